The topological polar surface area (TPSA) is 55.8 Å². The molecular weight excluding hydrogens is 423 g/mol. The van der Waals surface area contributed by atoms with Crippen molar-refractivity contribution in [2.75, 3.05) is 13.7 Å². The second-order valence-electron chi connectivity index (χ2n) is 7.25. The van der Waals surface area contributed by atoms with Crippen molar-refractivity contribution in [3.8, 4) is 0 Å². The van der Waals surface area contributed by atoms with Crippen LogP contribution in [0.1, 0.15) is 22.7 Å². The Bertz CT molecular complexity index is 1100. The van der Waals surface area contributed by atoms with Crippen molar-refractivity contribution in [3.05, 3.63) is 107 Å². The van der Waals surface area contributed by atoms with Crippen molar-refractivity contribution in [2.45, 2.75) is 11.6 Å². The normalized spacial score (nSPS) is 17.2. The molecule has 1 aliphatic rings. The van der Waals surface area contributed by atoms with Crippen LogP contribution in [0.2, 0.25) is 0 Å². The zero-order valence-corrected chi connectivity index (χ0v) is 16.9. The summed E-state index contributed by atoms with van der Waals surface area (Å²) in [4.78, 5) is 26.2. The summed E-state index contributed by atoms with van der Waals surface area (Å²) in [6.45, 7) is -0.515. The van der Waals surface area contributed by atoms with Crippen LogP contribution < -0.4 is 0 Å². The van der Waals surface area contributed by atoms with Crippen LogP contribution in [0.5, 0.6) is 0 Å². The SMILES string of the molecule is COC(=O)CN1C(=O)OC(c2ccc(F)cc2)(c2ccc(F)cc2)[C@@H]1c1ccccc1F. The molecule has 1 amide bonds. The van der Waals surface area contributed by atoms with E-state index in [1.54, 1.807) is 6.07 Å². The molecular formula is C24H18F3NO4. The fraction of sp³-hybridized carbons (Fsp3) is 0.167. The van der Waals surface area contributed by atoms with Gasteiger partial charge in [-0.2, -0.15) is 0 Å². The molecule has 1 heterocycles. The number of carbonyl (C=O) groups is 2. The van der Waals surface area contributed by atoms with Crippen molar-refractivity contribution >= 4 is 12.1 Å². The van der Waals surface area contributed by atoms with Gasteiger partial charge in [0.25, 0.3) is 0 Å². The number of esters is 1. The van der Waals surface area contributed by atoms with E-state index < -0.39 is 47.7 Å². The Kier molecular flexibility index (Phi) is 5.61. The van der Waals surface area contributed by atoms with Gasteiger partial charge >= 0.3 is 12.1 Å². The minimum Gasteiger partial charge on any atom is -0.468 e. The molecule has 3 aromatic rings. The fourth-order valence-corrected chi connectivity index (χ4v) is 4.02. The highest BCUT2D eigenvalue weighted by molar-refractivity contribution is 5.81. The van der Waals surface area contributed by atoms with E-state index >= 15 is 4.39 Å². The predicted octanol–water partition coefficient (Wildman–Crippen LogP) is 4.71. The van der Waals surface area contributed by atoms with Gasteiger partial charge in [0.1, 0.15) is 30.0 Å². The monoisotopic (exact) mass is 441 g/mol. The zero-order chi connectivity index (χ0) is 22.9. The number of amides is 1. The highest BCUT2D eigenvalue weighted by Gasteiger charge is 2.58. The largest absolute Gasteiger partial charge is 0.468 e. The smallest absolute Gasteiger partial charge is 0.412 e. The number of methoxy groups -OCH3 is 1. The van der Waals surface area contributed by atoms with E-state index in [1.165, 1.54) is 66.7 Å². The lowest BCUT2D eigenvalue weighted by Crippen LogP contribution is -2.40. The molecule has 4 rings (SSSR count). The number of nitrogens with zero attached hydrogens (tertiary/aromatic N) is 1. The van der Waals surface area contributed by atoms with Gasteiger partial charge in [-0.1, -0.05) is 42.5 Å². The predicted molar refractivity (Wildman–Crippen MR) is 108 cm³/mol. The zero-order valence-electron chi connectivity index (χ0n) is 16.9. The van der Waals surface area contributed by atoms with Crippen molar-refractivity contribution in [2.24, 2.45) is 0 Å². The van der Waals surface area contributed by atoms with Gasteiger partial charge in [0.15, 0.2) is 5.60 Å². The lowest BCUT2D eigenvalue weighted by Gasteiger charge is -2.36. The molecule has 1 saturated heterocycles. The van der Waals surface area contributed by atoms with Crippen LogP contribution in [-0.2, 0) is 19.9 Å². The molecule has 8 heteroatoms. The molecule has 0 N–H and O–H groups in total. The molecule has 0 aliphatic carbocycles. The molecule has 5 nitrogen and oxygen atoms in total. The van der Waals surface area contributed by atoms with Crippen LogP contribution in [0.25, 0.3) is 0 Å². The second kappa shape index (κ2) is 8.37. The van der Waals surface area contributed by atoms with Gasteiger partial charge in [0.2, 0.25) is 0 Å². The molecule has 0 unspecified atom stereocenters. The minimum absolute atomic E-state index is 0.0657. The fourth-order valence-electron chi connectivity index (χ4n) is 4.02. The summed E-state index contributed by atoms with van der Waals surface area (Å²) in [5, 5.41) is 0. The Morgan fingerprint density at radius 3 is 1.97 bits per heavy atom. The van der Waals surface area contributed by atoms with Crippen molar-refractivity contribution in [3.63, 3.8) is 0 Å². The average molecular weight is 441 g/mol. The third kappa shape index (κ3) is 3.57. The standard InChI is InChI=1S/C24H18F3NO4/c1-31-21(29)14-28-22(19-4-2-3-5-20(19)27)24(32-23(28)30,15-6-10-17(25)11-7-15)16-8-12-18(26)13-9-16/h2-13,22H,14H2,1H3/t22-/m0/s1. The third-order valence-electron chi connectivity index (χ3n) is 5.45. The number of hydrogen-bond acceptors (Lipinski definition) is 4. The van der Waals surface area contributed by atoms with Gasteiger partial charge in [-0.25, -0.2) is 18.0 Å². The molecule has 164 valence electrons. The van der Waals surface area contributed by atoms with Gasteiger partial charge in [0, 0.05) is 16.7 Å². The first-order chi connectivity index (χ1) is 15.4. The number of benzene rings is 3. The summed E-state index contributed by atoms with van der Waals surface area (Å²) in [5.41, 5.74) is -0.996. The highest BCUT2D eigenvalue weighted by Crippen LogP contribution is 2.52. The summed E-state index contributed by atoms with van der Waals surface area (Å²) in [7, 11) is 1.16. The number of cyclic esters (lactones) is 1. The van der Waals surface area contributed by atoms with Gasteiger partial charge in [-0.05, 0) is 30.3 Å². The molecule has 0 aromatic heterocycles. The maximum atomic E-state index is 15.0. The maximum Gasteiger partial charge on any atom is 0.412 e. The van der Waals surface area contributed by atoms with Crippen LogP contribution >= 0.6 is 0 Å². The number of hydrogen-bond donors (Lipinski definition) is 0. The minimum atomic E-state index is -1.70. The molecule has 0 spiro atoms. The molecule has 32 heavy (non-hydrogen) atoms. The molecule has 1 aliphatic heterocycles. The molecule has 1 atom stereocenters. The van der Waals surface area contributed by atoms with Crippen LogP contribution in [0.15, 0.2) is 72.8 Å². The summed E-state index contributed by atoms with van der Waals surface area (Å²) in [5.74, 6) is -2.43. The Balaban J connectivity index is 2.02. The van der Waals surface area contributed by atoms with Gasteiger partial charge in [0.05, 0.1) is 7.11 Å². The van der Waals surface area contributed by atoms with E-state index in [9.17, 15) is 18.4 Å². The summed E-state index contributed by atoms with van der Waals surface area (Å²) in [6, 6.07) is 14.9. The number of rotatable bonds is 5. The first-order valence-corrected chi connectivity index (χ1v) is 9.69. The highest BCUT2D eigenvalue weighted by atomic mass is 19.1. The Morgan fingerprint density at radius 2 is 1.47 bits per heavy atom. The van der Waals surface area contributed by atoms with E-state index in [1.807, 2.05) is 0 Å². The summed E-state index contributed by atoms with van der Waals surface area (Å²) < 4.78 is 53.0. The first-order valence-electron chi connectivity index (χ1n) is 9.69. The number of ether oxygens (including phenoxy) is 2. The van der Waals surface area contributed by atoms with Crippen LogP contribution in [0.3, 0.4) is 0 Å². The molecule has 0 bridgehead atoms. The van der Waals surface area contributed by atoms with E-state index in [0.717, 1.165) is 12.0 Å². The average Bonchev–Trinajstić information content (AvgIpc) is 3.07. The first kappa shape index (κ1) is 21.4. The Hall–Kier alpha value is -3.81. The van der Waals surface area contributed by atoms with E-state index in [2.05, 4.69) is 0 Å². The summed E-state index contributed by atoms with van der Waals surface area (Å²) >= 11 is 0. The van der Waals surface area contributed by atoms with Crippen LogP contribution in [0.4, 0.5) is 18.0 Å². The van der Waals surface area contributed by atoms with Crippen LogP contribution in [-0.4, -0.2) is 30.6 Å². The lowest BCUT2D eigenvalue weighted by molar-refractivity contribution is -0.141. The van der Waals surface area contributed by atoms with Gasteiger partial charge < -0.3 is 9.47 Å². The van der Waals surface area contributed by atoms with E-state index in [0.29, 0.717) is 11.1 Å². The summed E-state index contributed by atoms with van der Waals surface area (Å²) in [6.07, 6.45) is -0.905. The van der Waals surface area contributed by atoms with Gasteiger partial charge in [-0.15, -0.1) is 0 Å². The molecule has 0 radical (unpaired) electrons. The second-order valence-corrected chi connectivity index (χ2v) is 7.25. The number of halogens is 3. The molecule has 0 saturated carbocycles. The Morgan fingerprint density at radius 1 is 0.938 bits per heavy atom. The van der Waals surface area contributed by atoms with Crippen LogP contribution in [0, 0.1) is 17.5 Å². The van der Waals surface area contributed by atoms with E-state index in [-0.39, 0.29) is 5.56 Å². The Labute approximate surface area is 182 Å². The molecule has 1 fully saturated rings. The lowest BCUT2D eigenvalue weighted by atomic mass is 9.77. The quantitative estimate of drug-likeness (QED) is 0.538. The van der Waals surface area contributed by atoms with Crippen molar-refractivity contribution in [1.82, 2.24) is 4.90 Å². The number of carbonyl (C=O) groups excluding carboxylic acids is 2. The maximum absolute atomic E-state index is 15.0. The van der Waals surface area contributed by atoms with Crippen molar-refractivity contribution in [1.29, 1.82) is 0 Å². The van der Waals surface area contributed by atoms with Crippen molar-refractivity contribution < 1.29 is 32.2 Å². The van der Waals surface area contributed by atoms with Gasteiger partial charge in [-0.3, -0.25) is 9.69 Å². The third-order valence-corrected chi connectivity index (χ3v) is 5.45. The molecule has 3 aromatic carbocycles. The van der Waals surface area contributed by atoms with E-state index in [4.69, 9.17) is 9.47 Å².